The van der Waals surface area contributed by atoms with E-state index in [9.17, 15) is 5.11 Å². The van der Waals surface area contributed by atoms with E-state index in [2.05, 4.69) is 9.12 Å². The lowest BCUT2D eigenvalue weighted by atomic mass is 10.1. The highest BCUT2D eigenvalue weighted by atomic mass is 32.2. The van der Waals surface area contributed by atoms with Crippen LogP contribution in [-0.2, 0) is 0 Å². The van der Waals surface area contributed by atoms with E-state index in [1.165, 1.54) is 0 Å². The van der Waals surface area contributed by atoms with Crippen molar-refractivity contribution in [1.29, 1.82) is 0 Å². The Labute approximate surface area is 73.8 Å². The molecule has 1 aliphatic heterocycles. The average Bonchev–Trinajstić information content (AvgIpc) is 2.04. The van der Waals surface area contributed by atoms with Crippen molar-refractivity contribution in [1.82, 2.24) is 0 Å². The van der Waals surface area contributed by atoms with Crippen LogP contribution in [0.15, 0.2) is 22.6 Å². The van der Waals surface area contributed by atoms with Gasteiger partial charge in [0, 0.05) is 0 Å². The van der Waals surface area contributed by atoms with E-state index in [-0.39, 0.29) is 5.75 Å². The first kappa shape index (κ1) is 7.30. The molecule has 2 rings (SSSR count). The molecule has 0 spiro atoms. The van der Waals surface area contributed by atoms with Crippen molar-refractivity contribution in [2.75, 3.05) is 4.72 Å². The van der Waals surface area contributed by atoms with E-state index in [0.29, 0.717) is 11.4 Å². The molecule has 4 N–H and O–H groups in total. The first-order valence-corrected chi connectivity index (χ1v) is 4.14. The summed E-state index contributed by atoms with van der Waals surface area (Å²) >= 11 is 1.16. The summed E-state index contributed by atoms with van der Waals surface area (Å²) in [6.07, 6.45) is 0. The largest absolute Gasteiger partial charge is 0.507 e. The molecule has 1 heterocycles. The maximum atomic E-state index is 9.42. The molecule has 0 atom stereocenters. The lowest BCUT2D eigenvalue weighted by Crippen LogP contribution is -2.17. The minimum absolute atomic E-state index is 0.154. The number of nitrogens with one attached hydrogen (secondary N) is 1. The summed E-state index contributed by atoms with van der Waals surface area (Å²) in [5, 5.41) is 9.42. The van der Waals surface area contributed by atoms with Crippen molar-refractivity contribution < 1.29 is 5.11 Å². The number of nitrogens with two attached hydrogens (primary N) is 1. The van der Waals surface area contributed by atoms with E-state index < -0.39 is 0 Å². The Morgan fingerprint density at radius 1 is 1.50 bits per heavy atom. The van der Waals surface area contributed by atoms with Crippen LogP contribution < -0.4 is 10.5 Å². The highest BCUT2D eigenvalue weighted by Gasteiger charge is 2.14. The predicted octanol–water partition coefficient (Wildman–Crippen LogP) is 1.09. The van der Waals surface area contributed by atoms with Crippen LogP contribution in [0.3, 0.4) is 0 Å². The maximum absolute atomic E-state index is 9.42. The van der Waals surface area contributed by atoms with Crippen LogP contribution in [0.4, 0.5) is 5.69 Å². The van der Waals surface area contributed by atoms with Crippen LogP contribution in [-0.4, -0.2) is 10.9 Å². The molecule has 0 aliphatic carbocycles. The van der Waals surface area contributed by atoms with Gasteiger partial charge in [0.1, 0.15) is 11.6 Å². The van der Waals surface area contributed by atoms with Gasteiger partial charge in [0.15, 0.2) is 0 Å². The summed E-state index contributed by atoms with van der Waals surface area (Å²) in [5.74, 6) is 0.508. The minimum atomic E-state index is 0.154. The molecule has 0 aromatic heterocycles. The number of amidine groups is 1. The lowest BCUT2D eigenvalue weighted by Gasteiger charge is -2.14. The quantitative estimate of drug-likeness (QED) is 0.524. The average molecular weight is 181 g/mol. The number of hydrogen-bond donors (Lipinski definition) is 3. The third-order valence-electron chi connectivity index (χ3n) is 1.60. The van der Waals surface area contributed by atoms with Gasteiger partial charge in [-0.3, -0.25) is 0 Å². The zero-order valence-electron chi connectivity index (χ0n) is 6.11. The molecule has 0 radical (unpaired) electrons. The number of anilines is 1. The van der Waals surface area contributed by atoms with E-state index in [1.54, 1.807) is 12.1 Å². The van der Waals surface area contributed by atoms with Crippen LogP contribution >= 0.6 is 12.1 Å². The third-order valence-corrected chi connectivity index (χ3v) is 2.20. The number of rotatable bonds is 0. The van der Waals surface area contributed by atoms with Crippen molar-refractivity contribution in [3.63, 3.8) is 0 Å². The molecule has 0 saturated carbocycles. The number of fused-ring (bicyclic) bond motifs is 1. The molecule has 0 bridgehead atoms. The van der Waals surface area contributed by atoms with Crippen LogP contribution in [0.1, 0.15) is 5.56 Å². The van der Waals surface area contributed by atoms with Crippen molar-refractivity contribution in [3.8, 4) is 5.75 Å². The fourth-order valence-corrected chi connectivity index (χ4v) is 1.56. The van der Waals surface area contributed by atoms with Gasteiger partial charge in [0.25, 0.3) is 0 Å². The van der Waals surface area contributed by atoms with Crippen molar-refractivity contribution in [2.45, 2.75) is 0 Å². The first-order chi connectivity index (χ1) is 5.79. The van der Waals surface area contributed by atoms with Crippen molar-refractivity contribution >= 4 is 23.7 Å². The Morgan fingerprint density at radius 2 is 2.33 bits per heavy atom. The first-order valence-electron chi connectivity index (χ1n) is 3.37. The van der Waals surface area contributed by atoms with Gasteiger partial charge in [-0.1, -0.05) is 6.07 Å². The van der Waals surface area contributed by atoms with Crippen LogP contribution in [0.2, 0.25) is 0 Å². The van der Waals surface area contributed by atoms with E-state index in [0.717, 1.165) is 17.8 Å². The Kier molecular flexibility index (Phi) is 1.58. The molecule has 0 saturated heterocycles. The lowest BCUT2D eigenvalue weighted by molar-refractivity contribution is 0.474. The molecule has 62 valence electrons. The second-order valence-corrected chi connectivity index (χ2v) is 2.94. The van der Waals surface area contributed by atoms with Gasteiger partial charge >= 0.3 is 0 Å². The molecule has 0 unspecified atom stereocenters. The molecule has 4 nitrogen and oxygen atoms in total. The predicted molar refractivity (Wildman–Crippen MR) is 50.0 cm³/mol. The van der Waals surface area contributed by atoms with Crippen LogP contribution in [0.25, 0.3) is 0 Å². The van der Waals surface area contributed by atoms with Gasteiger partial charge in [0.05, 0.1) is 23.4 Å². The van der Waals surface area contributed by atoms with Crippen LogP contribution in [0.5, 0.6) is 5.75 Å². The summed E-state index contributed by atoms with van der Waals surface area (Å²) in [5.41, 5.74) is 6.95. The smallest absolute Gasteiger partial charge is 0.146 e. The van der Waals surface area contributed by atoms with E-state index in [4.69, 9.17) is 5.73 Å². The molecule has 0 fully saturated rings. The maximum Gasteiger partial charge on any atom is 0.146 e. The number of nitrogens with zero attached hydrogens (tertiary/aromatic N) is 1. The number of phenolic OH excluding ortho intramolecular Hbond substituents is 1. The summed E-state index contributed by atoms with van der Waals surface area (Å²) in [4.78, 5) is 0. The number of hydrogen-bond acceptors (Lipinski definition) is 5. The van der Waals surface area contributed by atoms with Gasteiger partial charge in [-0.05, 0) is 12.1 Å². The number of benzene rings is 1. The Morgan fingerprint density at radius 3 is 3.08 bits per heavy atom. The van der Waals surface area contributed by atoms with E-state index >= 15 is 0 Å². The topological polar surface area (TPSA) is 70.6 Å². The van der Waals surface area contributed by atoms with E-state index in [1.807, 2.05) is 6.07 Å². The fourth-order valence-electron chi connectivity index (χ4n) is 1.06. The zero-order valence-corrected chi connectivity index (χ0v) is 6.93. The van der Waals surface area contributed by atoms with Gasteiger partial charge < -0.3 is 15.6 Å². The van der Waals surface area contributed by atoms with Gasteiger partial charge in [-0.15, -0.1) is 0 Å². The summed E-state index contributed by atoms with van der Waals surface area (Å²) < 4.78 is 6.80. The zero-order chi connectivity index (χ0) is 8.55. The molecular weight excluding hydrogens is 174 g/mol. The SMILES string of the molecule is NC1=NSNc2cccc(O)c21. The molecular formula is C7H7N3OS. The fraction of sp³-hybridized carbons (Fsp3) is 0. The van der Waals surface area contributed by atoms with Gasteiger partial charge in [-0.2, -0.15) is 4.40 Å². The summed E-state index contributed by atoms with van der Waals surface area (Å²) in [6, 6.07) is 5.17. The second-order valence-electron chi connectivity index (χ2n) is 2.37. The minimum Gasteiger partial charge on any atom is -0.507 e. The molecule has 1 aromatic rings. The highest BCUT2D eigenvalue weighted by molar-refractivity contribution is 7.99. The monoisotopic (exact) mass is 181 g/mol. The second kappa shape index (κ2) is 2.60. The van der Waals surface area contributed by atoms with Gasteiger partial charge in [0.2, 0.25) is 0 Å². The molecule has 1 aliphatic rings. The normalized spacial score (nSPS) is 14.5. The Balaban J connectivity index is 2.64. The van der Waals surface area contributed by atoms with Crippen molar-refractivity contribution in [2.24, 2.45) is 10.1 Å². The molecule has 0 amide bonds. The van der Waals surface area contributed by atoms with Crippen molar-refractivity contribution in [3.05, 3.63) is 23.8 Å². The molecule has 5 heteroatoms. The summed E-state index contributed by atoms with van der Waals surface area (Å²) in [7, 11) is 0. The molecule has 12 heavy (non-hydrogen) atoms. The van der Waals surface area contributed by atoms with Gasteiger partial charge in [-0.25, -0.2) is 0 Å². The number of phenols is 1. The Bertz CT molecular complexity index is 351. The number of aromatic hydroxyl groups is 1. The van der Waals surface area contributed by atoms with Crippen LogP contribution in [0, 0.1) is 0 Å². The third kappa shape index (κ3) is 0.984. The summed E-state index contributed by atoms with van der Waals surface area (Å²) in [6.45, 7) is 0. The molecule has 1 aromatic carbocycles. The Hall–Kier alpha value is -1.36. The highest BCUT2D eigenvalue weighted by Crippen LogP contribution is 2.30. The standard InChI is InChI=1S/C7H7N3OS/c8-7-6-4(9-12-10-7)2-1-3-5(6)11/h1-3,9,11H,(H2,8,10).